The number of carbonyl (C=O) groups excluding carboxylic acids is 1. The standard InChI is InChI=1S/C21H18F3NO2/c22-13-4-2-12(3-5-13)19-18(17(26)6-9-21(27)7-1-8-21)15-10-14(23)11-16(24)20(15)25-19/h2-5,10-11,25,27H,1,6-9H2. The van der Waals surface area contributed by atoms with E-state index in [4.69, 9.17) is 0 Å². The number of hydrogen-bond donors (Lipinski definition) is 2. The zero-order valence-electron chi connectivity index (χ0n) is 14.5. The smallest absolute Gasteiger partial charge is 0.165 e. The van der Waals surface area contributed by atoms with Gasteiger partial charge in [-0.25, -0.2) is 13.2 Å². The van der Waals surface area contributed by atoms with Crippen LogP contribution in [-0.4, -0.2) is 21.5 Å². The fourth-order valence-electron chi connectivity index (χ4n) is 3.65. The third kappa shape index (κ3) is 3.25. The van der Waals surface area contributed by atoms with Gasteiger partial charge in [0.25, 0.3) is 0 Å². The molecule has 3 nitrogen and oxygen atoms in total. The molecule has 1 aliphatic carbocycles. The molecule has 0 aliphatic heterocycles. The van der Waals surface area contributed by atoms with Crippen LogP contribution in [-0.2, 0) is 0 Å². The number of rotatable bonds is 5. The van der Waals surface area contributed by atoms with Crippen LogP contribution in [0.1, 0.15) is 42.5 Å². The highest BCUT2D eigenvalue weighted by atomic mass is 19.1. The van der Waals surface area contributed by atoms with Crippen LogP contribution in [0.4, 0.5) is 13.2 Å². The van der Waals surface area contributed by atoms with Crippen molar-refractivity contribution in [1.29, 1.82) is 0 Å². The number of ketones is 1. The molecule has 27 heavy (non-hydrogen) atoms. The summed E-state index contributed by atoms with van der Waals surface area (Å²) in [6.07, 6.45) is 2.61. The van der Waals surface area contributed by atoms with Crippen LogP contribution in [0.2, 0.25) is 0 Å². The summed E-state index contributed by atoms with van der Waals surface area (Å²) in [6.45, 7) is 0. The zero-order valence-corrected chi connectivity index (χ0v) is 14.5. The molecule has 1 saturated carbocycles. The van der Waals surface area contributed by atoms with Gasteiger partial charge in [-0.2, -0.15) is 0 Å². The van der Waals surface area contributed by atoms with E-state index >= 15 is 0 Å². The van der Waals surface area contributed by atoms with Gasteiger partial charge in [0.15, 0.2) is 5.78 Å². The molecule has 0 unspecified atom stereocenters. The van der Waals surface area contributed by atoms with Gasteiger partial charge in [-0.05, 0) is 61.6 Å². The van der Waals surface area contributed by atoms with Crippen molar-refractivity contribution in [2.45, 2.75) is 37.7 Å². The lowest BCUT2D eigenvalue weighted by Gasteiger charge is -2.36. The molecule has 140 valence electrons. The first-order valence-electron chi connectivity index (χ1n) is 8.88. The number of hydrogen-bond acceptors (Lipinski definition) is 2. The lowest BCUT2D eigenvalue weighted by Crippen LogP contribution is -2.37. The van der Waals surface area contributed by atoms with E-state index in [2.05, 4.69) is 4.98 Å². The van der Waals surface area contributed by atoms with E-state index < -0.39 is 23.1 Å². The van der Waals surface area contributed by atoms with Gasteiger partial charge in [-0.1, -0.05) is 0 Å². The average Bonchev–Trinajstić information content (AvgIpc) is 2.98. The van der Waals surface area contributed by atoms with Gasteiger partial charge in [-0.15, -0.1) is 0 Å². The summed E-state index contributed by atoms with van der Waals surface area (Å²) in [5.41, 5.74) is 0.187. The number of nitrogens with one attached hydrogen (secondary N) is 1. The van der Waals surface area contributed by atoms with Crippen molar-refractivity contribution in [3.05, 3.63) is 59.4 Å². The molecule has 0 atom stereocenters. The molecular weight excluding hydrogens is 355 g/mol. The summed E-state index contributed by atoms with van der Waals surface area (Å²) in [7, 11) is 0. The van der Waals surface area contributed by atoms with Crippen LogP contribution in [0.3, 0.4) is 0 Å². The predicted molar refractivity (Wildman–Crippen MR) is 96.0 cm³/mol. The SMILES string of the molecule is O=C(CCC1(O)CCC1)c1c(-c2ccc(F)cc2)[nH]c2c(F)cc(F)cc12. The summed E-state index contributed by atoms with van der Waals surface area (Å²) < 4.78 is 41.3. The molecule has 1 aliphatic rings. The summed E-state index contributed by atoms with van der Waals surface area (Å²) in [6, 6.07) is 7.30. The van der Waals surface area contributed by atoms with Gasteiger partial charge >= 0.3 is 0 Å². The second kappa shape index (κ2) is 6.53. The molecule has 2 N–H and O–H groups in total. The Bertz CT molecular complexity index is 1020. The van der Waals surface area contributed by atoms with Gasteiger partial charge in [0.2, 0.25) is 0 Å². The minimum Gasteiger partial charge on any atom is -0.390 e. The first-order valence-corrected chi connectivity index (χ1v) is 8.88. The van der Waals surface area contributed by atoms with E-state index in [9.17, 15) is 23.1 Å². The monoisotopic (exact) mass is 373 g/mol. The number of carbonyl (C=O) groups is 1. The summed E-state index contributed by atoms with van der Waals surface area (Å²) in [4.78, 5) is 15.8. The summed E-state index contributed by atoms with van der Waals surface area (Å²) in [5.74, 6) is -2.33. The Labute approximate surface area is 153 Å². The van der Waals surface area contributed by atoms with Crippen molar-refractivity contribution in [1.82, 2.24) is 4.98 Å². The summed E-state index contributed by atoms with van der Waals surface area (Å²) in [5, 5.41) is 10.4. The molecule has 0 bridgehead atoms. The molecule has 6 heteroatoms. The molecule has 0 spiro atoms. The second-order valence-electron chi connectivity index (χ2n) is 7.19. The molecule has 1 fully saturated rings. The maximum Gasteiger partial charge on any atom is 0.165 e. The minimum atomic E-state index is -0.825. The molecule has 2 aromatic carbocycles. The molecule has 0 radical (unpaired) electrons. The second-order valence-corrected chi connectivity index (χ2v) is 7.19. The zero-order chi connectivity index (χ0) is 19.2. The van der Waals surface area contributed by atoms with Crippen LogP contribution in [0.5, 0.6) is 0 Å². The van der Waals surface area contributed by atoms with Crippen molar-refractivity contribution in [2.75, 3.05) is 0 Å². The maximum atomic E-state index is 14.2. The average molecular weight is 373 g/mol. The first-order chi connectivity index (χ1) is 12.9. The highest BCUT2D eigenvalue weighted by molar-refractivity contribution is 6.13. The van der Waals surface area contributed by atoms with E-state index in [1.807, 2.05) is 0 Å². The number of aliphatic hydroxyl groups is 1. The van der Waals surface area contributed by atoms with Gasteiger partial charge in [0, 0.05) is 17.9 Å². The van der Waals surface area contributed by atoms with Gasteiger partial charge in [0.1, 0.15) is 17.5 Å². The lowest BCUT2D eigenvalue weighted by atomic mass is 9.76. The van der Waals surface area contributed by atoms with E-state index in [-0.39, 0.29) is 28.7 Å². The molecule has 1 aromatic heterocycles. The number of halogens is 3. The Balaban J connectivity index is 1.81. The third-order valence-electron chi connectivity index (χ3n) is 5.34. The minimum absolute atomic E-state index is 0.0291. The summed E-state index contributed by atoms with van der Waals surface area (Å²) >= 11 is 0. The van der Waals surface area contributed by atoms with Crippen molar-refractivity contribution >= 4 is 16.7 Å². The van der Waals surface area contributed by atoms with Crippen LogP contribution in [0.25, 0.3) is 22.2 Å². The van der Waals surface area contributed by atoms with Gasteiger partial charge in [0.05, 0.1) is 22.4 Å². The predicted octanol–water partition coefficient (Wildman–Crippen LogP) is 5.13. The highest BCUT2D eigenvalue weighted by Gasteiger charge is 2.35. The molecule has 3 aromatic rings. The van der Waals surface area contributed by atoms with Gasteiger partial charge < -0.3 is 10.1 Å². The third-order valence-corrected chi connectivity index (χ3v) is 5.34. The number of Topliss-reactive ketones (excluding diaryl/α,β-unsaturated/α-hetero) is 1. The quantitative estimate of drug-likeness (QED) is 0.609. The first kappa shape index (κ1) is 17.8. The number of H-pyrrole nitrogens is 1. The maximum absolute atomic E-state index is 14.2. The number of aromatic amines is 1. The Hall–Kier alpha value is -2.60. The number of fused-ring (bicyclic) bond motifs is 1. The fraction of sp³-hybridized carbons (Fsp3) is 0.286. The Morgan fingerprint density at radius 1 is 1.07 bits per heavy atom. The van der Waals surface area contributed by atoms with Gasteiger partial charge in [-0.3, -0.25) is 4.79 Å². The lowest BCUT2D eigenvalue weighted by molar-refractivity contribution is -0.0401. The van der Waals surface area contributed by atoms with Crippen molar-refractivity contribution < 1.29 is 23.1 Å². The van der Waals surface area contributed by atoms with Crippen LogP contribution in [0, 0.1) is 17.5 Å². The Morgan fingerprint density at radius 2 is 1.78 bits per heavy atom. The van der Waals surface area contributed by atoms with E-state index in [0.717, 1.165) is 18.6 Å². The molecule has 0 saturated heterocycles. The van der Waals surface area contributed by atoms with E-state index in [1.54, 1.807) is 0 Å². The Kier molecular flexibility index (Phi) is 4.30. The van der Waals surface area contributed by atoms with E-state index in [0.29, 0.717) is 30.5 Å². The van der Waals surface area contributed by atoms with Crippen LogP contribution < -0.4 is 0 Å². The largest absolute Gasteiger partial charge is 0.390 e. The molecule has 4 rings (SSSR count). The number of benzene rings is 2. The van der Waals surface area contributed by atoms with Crippen molar-refractivity contribution in [3.63, 3.8) is 0 Å². The topological polar surface area (TPSA) is 53.1 Å². The number of aromatic nitrogens is 1. The van der Waals surface area contributed by atoms with Crippen molar-refractivity contribution in [2.24, 2.45) is 0 Å². The Morgan fingerprint density at radius 3 is 2.41 bits per heavy atom. The molecule has 0 amide bonds. The molecular formula is C21H18F3NO2. The highest BCUT2D eigenvalue weighted by Crippen LogP contribution is 2.38. The molecule has 1 heterocycles. The van der Waals surface area contributed by atoms with Crippen molar-refractivity contribution in [3.8, 4) is 11.3 Å². The van der Waals surface area contributed by atoms with Crippen LogP contribution in [0.15, 0.2) is 36.4 Å². The van der Waals surface area contributed by atoms with E-state index in [1.165, 1.54) is 24.3 Å². The normalized spacial score (nSPS) is 15.7. The van der Waals surface area contributed by atoms with Crippen LogP contribution >= 0.6 is 0 Å². The fourth-order valence-corrected chi connectivity index (χ4v) is 3.65.